The SMILES string of the molecule is COCCc1noc(CN2CCC[C@@H](c3nnc(CO)n3C)C2)n1. The molecule has 1 aliphatic heterocycles. The van der Waals surface area contributed by atoms with Crippen LogP contribution >= 0.6 is 0 Å². The first-order valence-electron chi connectivity index (χ1n) is 8.23. The first-order valence-corrected chi connectivity index (χ1v) is 8.23. The maximum absolute atomic E-state index is 9.27. The molecule has 9 heteroatoms. The fraction of sp³-hybridized carbons (Fsp3) is 0.733. The molecular weight excluding hydrogens is 312 g/mol. The Kier molecular flexibility index (Phi) is 5.54. The summed E-state index contributed by atoms with van der Waals surface area (Å²) in [5.74, 6) is 3.14. The molecule has 1 N–H and O–H groups in total. The molecule has 3 heterocycles. The van der Waals surface area contributed by atoms with Gasteiger partial charge >= 0.3 is 0 Å². The molecule has 0 saturated carbocycles. The number of aromatic nitrogens is 5. The lowest BCUT2D eigenvalue weighted by molar-refractivity contribution is 0.172. The highest BCUT2D eigenvalue weighted by molar-refractivity contribution is 5.03. The van der Waals surface area contributed by atoms with E-state index in [1.165, 1.54) is 0 Å². The monoisotopic (exact) mass is 336 g/mol. The molecule has 1 atom stereocenters. The molecule has 0 aliphatic carbocycles. The highest BCUT2D eigenvalue weighted by Gasteiger charge is 2.26. The van der Waals surface area contributed by atoms with Gasteiger partial charge in [-0.3, -0.25) is 4.90 Å². The van der Waals surface area contributed by atoms with Crippen LogP contribution in [0.5, 0.6) is 0 Å². The van der Waals surface area contributed by atoms with Crippen molar-refractivity contribution in [3.63, 3.8) is 0 Å². The van der Waals surface area contributed by atoms with Crippen LogP contribution in [-0.2, 0) is 31.4 Å². The zero-order chi connectivity index (χ0) is 16.9. The van der Waals surface area contributed by atoms with Gasteiger partial charge in [0.05, 0.1) is 13.2 Å². The molecule has 132 valence electrons. The molecule has 0 aromatic carbocycles. The van der Waals surface area contributed by atoms with Gasteiger partial charge in [0, 0.05) is 33.0 Å². The van der Waals surface area contributed by atoms with Crippen molar-refractivity contribution in [3.8, 4) is 0 Å². The van der Waals surface area contributed by atoms with E-state index in [0.717, 1.165) is 31.8 Å². The maximum Gasteiger partial charge on any atom is 0.240 e. The highest BCUT2D eigenvalue weighted by atomic mass is 16.5. The van der Waals surface area contributed by atoms with Crippen LogP contribution in [0.25, 0.3) is 0 Å². The van der Waals surface area contributed by atoms with Gasteiger partial charge in [-0.1, -0.05) is 5.16 Å². The Hall–Kier alpha value is -1.84. The first-order chi connectivity index (χ1) is 11.7. The minimum absolute atomic E-state index is 0.0911. The third-order valence-electron chi connectivity index (χ3n) is 4.41. The van der Waals surface area contributed by atoms with E-state index in [1.807, 2.05) is 11.6 Å². The van der Waals surface area contributed by atoms with Crippen molar-refractivity contribution in [2.75, 3.05) is 26.8 Å². The predicted molar refractivity (Wildman–Crippen MR) is 84.1 cm³/mol. The van der Waals surface area contributed by atoms with Gasteiger partial charge in [-0.25, -0.2) is 0 Å². The molecule has 0 radical (unpaired) electrons. The minimum atomic E-state index is -0.0911. The molecule has 9 nitrogen and oxygen atoms in total. The molecule has 3 rings (SSSR count). The average Bonchev–Trinajstić information content (AvgIpc) is 3.19. The Morgan fingerprint density at radius 2 is 2.25 bits per heavy atom. The van der Waals surface area contributed by atoms with Gasteiger partial charge in [-0.15, -0.1) is 10.2 Å². The molecular formula is C15H24N6O3. The number of hydrogen-bond acceptors (Lipinski definition) is 8. The van der Waals surface area contributed by atoms with Gasteiger partial charge in [-0.05, 0) is 19.4 Å². The summed E-state index contributed by atoms with van der Waals surface area (Å²) in [4.78, 5) is 6.71. The van der Waals surface area contributed by atoms with Gasteiger partial charge in [0.15, 0.2) is 11.6 Å². The number of nitrogens with zero attached hydrogens (tertiary/aromatic N) is 6. The van der Waals surface area contributed by atoms with Gasteiger partial charge in [0.25, 0.3) is 0 Å². The molecule has 24 heavy (non-hydrogen) atoms. The number of likely N-dealkylation sites (tertiary alicyclic amines) is 1. The molecule has 1 fully saturated rings. The van der Waals surface area contributed by atoms with Crippen molar-refractivity contribution < 1.29 is 14.4 Å². The van der Waals surface area contributed by atoms with Crippen molar-refractivity contribution in [2.24, 2.45) is 7.05 Å². The summed E-state index contributed by atoms with van der Waals surface area (Å²) in [6, 6.07) is 0. The van der Waals surface area contributed by atoms with Crippen molar-refractivity contribution >= 4 is 0 Å². The van der Waals surface area contributed by atoms with Crippen molar-refractivity contribution in [1.82, 2.24) is 29.8 Å². The highest BCUT2D eigenvalue weighted by Crippen LogP contribution is 2.26. The average molecular weight is 336 g/mol. The quantitative estimate of drug-likeness (QED) is 0.768. The van der Waals surface area contributed by atoms with E-state index in [9.17, 15) is 5.11 Å². The number of methoxy groups -OCH3 is 1. The number of piperidine rings is 1. The second-order valence-electron chi connectivity index (χ2n) is 6.11. The number of aliphatic hydroxyl groups is 1. The zero-order valence-corrected chi connectivity index (χ0v) is 14.2. The predicted octanol–water partition coefficient (Wildman–Crippen LogP) is 0.259. The fourth-order valence-corrected chi connectivity index (χ4v) is 3.12. The van der Waals surface area contributed by atoms with Gasteiger partial charge in [-0.2, -0.15) is 4.98 Å². The van der Waals surface area contributed by atoms with Crippen LogP contribution in [0.4, 0.5) is 0 Å². The van der Waals surface area contributed by atoms with E-state index in [2.05, 4.69) is 25.2 Å². The van der Waals surface area contributed by atoms with Crippen LogP contribution in [0.15, 0.2) is 4.52 Å². The lowest BCUT2D eigenvalue weighted by Gasteiger charge is -2.31. The molecule has 0 bridgehead atoms. The fourth-order valence-electron chi connectivity index (χ4n) is 3.12. The Bertz CT molecular complexity index is 655. The Morgan fingerprint density at radius 1 is 1.38 bits per heavy atom. The maximum atomic E-state index is 9.27. The normalized spacial score (nSPS) is 19.0. The van der Waals surface area contributed by atoms with Gasteiger partial charge < -0.3 is 18.9 Å². The topological polar surface area (TPSA) is 102 Å². The van der Waals surface area contributed by atoms with Crippen molar-refractivity contribution in [3.05, 3.63) is 23.4 Å². The van der Waals surface area contributed by atoms with E-state index >= 15 is 0 Å². The Labute approximate surface area is 140 Å². The van der Waals surface area contributed by atoms with Crippen LogP contribution in [0.3, 0.4) is 0 Å². The van der Waals surface area contributed by atoms with Crippen LogP contribution in [0, 0.1) is 0 Å². The van der Waals surface area contributed by atoms with Crippen molar-refractivity contribution in [2.45, 2.75) is 38.3 Å². The van der Waals surface area contributed by atoms with Crippen LogP contribution < -0.4 is 0 Å². The lowest BCUT2D eigenvalue weighted by atomic mass is 9.97. The molecule has 0 amide bonds. The second-order valence-corrected chi connectivity index (χ2v) is 6.11. The summed E-state index contributed by atoms with van der Waals surface area (Å²) < 4.78 is 12.2. The lowest BCUT2D eigenvalue weighted by Crippen LogP contribution is -2.35. The number of rotatable bonds is 7. The van der Waals surface area contributed by atoms with Gasteiger partial charge in [0.2, 0.25) is 5.89 Å². The van der Waals surface area contributed by atoms with Gasteiger partial charge in [0.1, 0.15) is 12.4 Å². The summed E-state index contributed by atoms with van der Waals surface area (Å²) in [5.41, 5.74) is 0. The third-order valence-corrected chi connectivity index (χ3v) is 4.41. The van der Waals surface area contributed by atoms with E-state index in [-0.39, 0.29) is 6.61 Å². The van der Waals surface area contributed by atoms with E-state index in [1.54, 1.807) is 7.11 Å². The molecule has 0 unspecified atom stereocenters. The van der Waals surface area contributed by atoms with Crippen LogP contribution in [0.1, 0.15) is 42.1 Å². The van der Waals surface area contributed by atoms with E-state index in [0.29, 0.717) is 43.0 Å². The van der Waals surface area contributed by atoms with Crippen molar-refractivity contribution in [1.29, 1.82) is 0 Å². The standard InChI is InChI=1S/C15H24N6O3/c1-20-13(10-22)17-18-15(20)11-4-3-6-21(8-11)9-14-16-12(19-24-14)5-7-23-2/h11,22H,3-10H2,1-2H3/t11-/m1/s1. The number of aliphatic hydroxyl groups excluding tert-OH is 1. The van der Waals surface area contributed by atoms with Crippen LogP contribution in [0.2, 0.25) is 0 Å². The second kappa shape index (κ2) is 7.82. The molecule has 2 aromatic heterocycles. The summed E-state index contributed by atoms with van der Waals surface area (Å²) in [6.45, 7) is 3.00. The minimum Gasteiger partial charge on any atom is -0.388 e. The molecule has 1 aliphatic rings. The number of ether oxygens (including phenoxy) is 1. The first kappa shape index (κ1) is 17.0. The summed E-state index contributed by atoms with van der Waals surface area (Å²) in [5, 5.41) is 21.5. The summed E-state index contributed by atoms with van der Waals surface area (Å²) in [6.07, 6.45) is 2.80. The van der Waals surface area contributed by atoms with Crippen LogP contribution in [-0.4, -0.2) is 61.7 Å². The summed E-state index contributed by atoms with van der Waals surface area (Å²) >= 11 is 0. The largest absolute Gasteiger partial charge is 0.388 e. The number of hydrogen-bond donors (Lipinski definition) is 1. The molecule has 1 saturated heterocycles. The Balaban J connectivity index is 1.61. The molecule has 0 spiro atoms. The third kappa shape index (κ3) is 3.80. The Morgan fingerprint density at radius 3 is 3.00 bits per heavy atom. The molecule has 2 aromatic rings. The van der Waals surface area contributed by atoms with E-state index < -0.39 is 0 Å². The van der Waals surface area contributed by atoms with E-state index in [4.69, 9.17) is 9.26 Å². The smallest absolute Gasteiger partial charge is 0.240 e. The summed E-state index contributed by atoms with van der Waals surface area (Å²) in [7, 11) is 3.56. The zero-order valence-electron chi connectivity index (χ0n) is 14.2.